The van der Waals surface area contributed by atoms with E-state index in [0.717, 1.165) is 58.5 Å². The number of benzene rings is 2. The van der Waals surface area contributed by atoms with Gasteiger partial charge in [-0.3, -0.25) is 14.5 Å². The minimum absolute atomic E-state index is 0.00829. The molecule has 2 aromatic carbocycles. The van der Waals surface area contributed by atoms with Crippen LogP contribution in [0.1, 0.15) is 41.0 Å². The minimum atomic E-state index is -0.422. The van der Waals surface area contributed by atoms with Crippen LogP contribution in [0.15, 0.2) is 40.9 Å². The van der Waals surface area contributed by atoms with E-state index in [-0.39, 0.29) is 18.3 Å². The van der Waals surface area contributed by atoms with Crippen LogP contribution in [0.25, 0.3) is 10.9 Å². The van der Waals surface area contributed by atoms with Crippen LogP contribution in [0.5, 0.6) is 5.75 Å². The molecule has 182 valence electrons. The van der Waals surface area contributed by atoms with Gasteiger partial charge in [0.15, 0.2) is 12.4 Å². The van der Waals surface area contributed by atoms with Gasteiger partial charge in [0.05, 0.1) is 24.8 Å². The second-order valence-corrected chi connectivity index (χ2v) is 11.0. The molecule has 0 saturated carbocycles. The number of aromatic amines is 1. The number of halogens is 1. The van der Waals surface area contributed by atoms with Crippen LogP contribution in [0, 0.1) is 0 Å². The fraction of sp³-hybridized carbons (Fsp3) is 0.407. The molecule has 7 nitrogen and oxygen atoms in total. The Morgan fingerprint density at radius 2 is 1.91 bits per heavy atom. The lowest BCUT2D eigenvalue weighted by Gasteiger charge is -2.42. The molecule has 0 bridgehead atoms. The molecule has 0 atom stereocenters. The molecule has 8 heteroatoms. The number of amides is 1. The largest absolute Gasteiger partial charge is 0.484 e. The standard InChI is InChI=1S/C27H28BrN3O4/c1-27(2)21-12-18(35-15-23(32)31-9-7-30(8-10-31)17-13-34-14-17)4-6-19(21)25(33)24-20-5-3-16(28)11-22(20)29-26(24)27/h3-6,11-12,17,29H,7-10,13-15H2,1-2H3. The summed E-state index contributed by atoms with van der Waals surface area (Å²) in [5.74, 6) is 0.608. The number of hydrogen-bond acceptors (Lipinski definition) is 5. The molecule has 0 spiro atoms. The van der Waals surface area contributed by atoms with Gasteiger partial charge in [0, 0.05) is 58.2 Å². The number of nitrogens with one attached hydrogen (secondary N) is 1. The summed E-state index contributed by atoms with van der Waals surface area (Å²) in [5.41, 5.74) is 3.75. The van der Waals surface area contributed by atoms with Crippen LogP contribution in [-0.4, -0.2) is 78.5 Å². The van der Waals surface area contributed by atoms with E-state index in [2.05, 4.69) is 39.7 Å². The molecule has 0 unspecified atom stereocenters. The van der Waals surface area contributed by atoms with Crippen molar-refractivity contribution >= 4 is 38.5 Å². The first-order valence-electron chi connectivity index (χ1n) is 12.1. The Kier molecular flexibility index (Phi) is 5.51. The number of ether oxygens (including phenoxy) is 2. The molecule has 3 aromatic rings. The van der Waals surface area contributed by atoms with Crippen LogP contribution in [0.3, 0.4) is 0 Å². The summed E-state index contributed by atoms with van der Waals surface area (Å²) >= 11 is 3.52. The van der Waals surface area contributed by atoms with E-state index in [1.165, 1.54) is 0 Å². The summed E-state index contributed by atoms with van der Waals surface area (Å²) in [6, 6.07) is 12.0. The molecule has 1 N–H and O–H groups in total. The van der Waals surface area contributed by atoms with Crippen molar-refractivity contribution < 1.29 is 19.1 Å². The van der Waals surface area contributed by atoms with Gasteiger partial charge in [-0.05, 0) is 35.9 Å². The predicted octanol–water partition coefficient (Wildman–Crippen LogP) is 3.72. The van der Waals surface area contributed by atoms with E-state index < -0.39 is 5.41 Å². The molecule has 1 amide bonds. The summed E-state index contributed by atoms with van der Waals surface area (Å²) in [5, 5.41) is 0.933. The van der Waals surface area contributed by atoms with Gasteiger partial charge in [-0.2, -0.15) is 0 Å². The monoisotopic (exact) mass is 537 g/mol. The molecular formula is C27H28BrN3O4. The lowest BCUT2D eigenvalue weighted by atomic mass is 9.71. The number of ketones is 1. The van der Waals surface area contributed by atoms with Crippen LogP contribution in [-0.2, 0) is 14.9 Å². The van der Waals surface area contributed by atoms with Gasteiger partial charge < -0.3 is 19.4 Å². The molecule has 3 heterocycles. The van der Waals surface area contributed by atoms with Crippen molar-refractivity contribution in [3.63, 3.8) is 0 Å². The fourth-order valence-electron chi connectivity index (χ4n) is 5.48. The van der Waals surface area contributed by atoms with Crippen LogP contribution in [0.2, 0.25) is 0 Å². The second-order valence-electron chi connectivity index (χ2n) is 10.1. The lowest BCUT2D eigenvalue weighted by Crippen LogP contribution is -2.57. The van der Waals surface area contributed by atoms with Crippen molar-refractivity contribution in [1.82, 2.24) is 14.8 Å². The Balaban J connectivity index is 1.19. The Hall–Kier alpha value is -2.68. The average Bonchev–Trinajstić information content (AvgIpc) is 3.20. The number of H-pyrrole nitrogens is 1. The number of fused-ring (bicyclic) bond motifs is 4. The number of aromatic nitrogens is 1. The molecular weight excluding hydrogens is 510 g/mol. The van der Waals surface area contributed by atoms with E-state index in [4.69, 9.17) is 9.47 Å². The number of piperazine rings is 1. The molecule has 0 radical (unpaired) electrons. The van der Waals surface area contributed by atoms with Crippen molar-refractivity contribution in [3.05, 3.63) is 63.3 Å². The molecule has 35 heavy (non-hydrogen) atoms. The molecule has 3 aliphatic rings. The minimum Gasteiger partial charge on any atom is -0.484 e. The van der Waals surface area contributed by atoms with E-state index in [0.29, 0.717) is 30.4 Å². The zero-order valence-electron chi connectivity index (χ0n) is 19.9. The molecule has 2 saturated heterocycles. The van der Waals surface area contributed by atoms with Crippen molar-refractivity contribution in [2.75, 3.05) is 46.0 Å². The number of carbonyl (C=O) groups is 2. The van der Waals surface area contributed by atoms with Crippen LogP contribution < -0.4 is 4.74 Å². The quantitative estimate of drug-likeness (QED) is 0.548. The molecule has 2 aliphatic heterocycles. The SMILES string of the molecule is CC1(C)c2cc(OCC(=O)N3CCN(C4COC4)CC3)ccc2C(=O)c2c1[nH]c1cc(Br)ccc21. The highest BCUT2D eigenvalue weighted by Gasteiger charge is 2.40. The van der Waals surface area contributed by atoms with Gasteiger partial charge >= 0.3 is 0 Å². The van der Waals surface area contributed by atoms with E-state index in [1.54, 1.807) is 6.07 Å². The van der Waals surface area contributed by atoms with Gasteiger partial charge in [-0.25, -0.2) is 0 Å². The molecule has 1 aromatic heterocycles. The van der Waals surface area contributed by atoms with E-state index >= 15 is 0 Å². The van der Waals surface area contributed by atoms with Crippen molar-refractivity contribution in [2.24, 2.45) is 0 Å². The number of carbonyl (C=O) groups excluding carboxylic acids is 2. The maximum absolute atomic E-state index is 13.5. The lowest BCUT2D eigenvalue weighted by molar-refractivity contribution is -0.137. The van der Waals surface area contributed by atoms with Crippen LogP contribution in [0.4, 0.5) is 0 Å². The summed E-state index contributed by atoms with van der Waals surface area (Å²) in [7, 11) is 0. The average molecular weight is 538 g/mol. The second kappa shape index (κ2) is 8.47. The third-order valence-electron chi connectivity index (χ3n) is 7.69. The fourth-order valence-corrected chi connectivity index (χ4v) is 5.84. The first-order chi connectivity index (χ1) is 16.8. The normalized spacial score (nSPS) is 19.9. The highest BCUT2D eigenvalue weighted by Crippen LogP contribution is 2.44. The van der Waals surface area contributed by atoms with Gasteiger partial charge in [-0.1, -0.05) is 35.8 Å². The highest BCUT2D eigenvalue weighted by molar-refractivity contribution is 9.10. The Bertz CT molecular complexity index is 1340. The first kappa shape index (κ1) is 22.8. The smallest absolute Gasteiger partial charge is 0.260 e. The summed E-state index contributed by atoms with van der Waals surface area (Å²) in [4.78, 5) is 34.0. The predicted molar refractivity (Wildman–Crippen MR) is 136 cm³/mol. The van der Waals surface area contributed by atoms with Crippen molar-refractivity contribution in [1.29, 1.82) is 0 Å². The van der Waals surface area contributed by atoms with E-state index in [9.17, 15) is 9.59 Å². The Morgan fingerprint density at radius 3 is 2.63 bits per heavy atom. The zero-order chi connectivity index (χ0) is 24.3. The highest BCUT2D eigenvalue weighted by atomic mass is 79.9. The maximum atomic E-state index is 13.5. The van der Waals surface area contributed by atoms with Gasteiger partial charge in [-0.15, -0.1) is 0 Å². The van der Waals surface area contributed by atoms with Gasteiger partial charge in [0.1, 0.15) is 5.75 Å². The number of nitrogens with zero attached hydrogens (tertiary/aromatic N) is 2. The Labute approximate surface area is 212 Å². The van der Waals surface area contributed by atoms with Gasteiger partial charge in [0.25, 0.3) is 5.91 Å². The summed E-state index contributed by atoms with van der Waals surface area (Å²) in [6.45, 7) is 8.99. The third kappa shape index (κ3) is 3.79. The van der Waals surface area contributed by atoms with Crippen molar-refractivity contribution in [2.45, 2.75) is 25.3 Å². The van der Waals surface area contributed by atoms with Gasteiger partial charge in [0.2, 0.25) is 0 Å². The molecule has 1 aliphatic carbocycles. The Morgan fingerprint density at radius 1 is 1.14 bits per heavy atom. The summed E-state index contributed by atoms with van der Waals surface area (Å²) in [6.07, 6.45) is 0. The molecule has 6 rings (SSSR count). The zero-order valence-corrected chi connectivity index (χ0v) is 21.5. The number of rotatable bonds is 4. The molecule has 2 fully saturated rings. The third-order valence-corrected chi connectivity index (χ3v) is 8.18. The first-order valence-corrected chi connectivity index (χ1v) is 12.9. The summed E-state index contributed by atoms with van der Waals surface area (Å²) < 4.78 is 12.2. The van der Waals surface area contributed by atoms with E-state index in [1.807, 2.05) is 35.2 Å². The van der Waals surface area contributed by atoms with Crippen molar-refractivity contribution in [3.8, 4) is 5.75 Å². The van der Waals surface area contributed by atoms with Crippen LogP contribution >= 0.6 is 15.9 Å². The topological polar surface area (TPSA) is 74.9 Å². The maximum Gasteiger partial charge on any atom is 0.260 e. The number of hydrogen-bond donors (Lipinski definition) is 1.